The summed E-state index contributed by atoms with van der Waals surface area (Å²) in [6.07, 6.45) is 1.21. The van der Waals surface area contributed by atoms with Gasteiger partial charge in [0.25, 0.3) is 0 Å². The van der Waals surface area contributed by atoms with Gasteiger partial charge in [0.2, 0.25) is 5.91 Å². The third kappa shape index (κ3) is 7.91. The molecule has 0 aliphatic heterocycles. The Morgan fingerprint density at radius 1 is 1.06 bits per heavy atom. The van der Waals surface area contributed by atoms with Gasteiger partial charge in [0.15, 0.2) is 0 Å². The summed E-state index contributed by atoms with van der Waals surface area (Å²) in [6, 6.07) is 17.4. The molecule has 10 heteroatoms. The van der Waals surface area contributed by atoms with E-state index >= 15 is 0 Å². The first-order valence-electron chi connectivity index (χ1n) is 10.9. The van der Waals surface area contributed by atoms with E-state index in [1.54, 1.807) is 37.4 Å². The van der Waals surface area contributed by atoms with Crippen LogP contribution in [-0.4, -0.2) is 39.6 Å². The van der Waals surface area contributed by atoms with E-state index in [9.17, 15) is 13.2 Å². The normalized spacial score (nSPS) is 13.2. The van der Waals surface area contributed by atoms with Crippen molar-refractivity contribution in [2.75, 3.05) is 25.0 Å². The van der Waals surface area contributed by atoms with Crippen LogP contribution in [0, 0.1) is 5.92 Å². The first-order chi connectivity index (χ1) is 16.4. The van der Waals surface area contributed by atoms with Gasteiger partial charge in [-0.3, -0.25) is 13.7 Å². The third-order valence-electron chi connectivity index (χ3n) is 5.02. The van der Waals surface area contributed by atoms with Crippen molar-refractivity contribution < 1.29 is 22.1 Å². The predicted molar refractivity (Wildman–Crippen MR) is 133 cm³/mol. The molecule has 0 aliphatic carbocycles. The molecule has 2 N–H and O–H groups in total. The summed E-state index contributed by atoms with van der Waals surface area (Å²) >= 11 is 1.36. The molecule has 0 fully saturated rings. The average Bonchev–Trinajstić information content (AvgIpc) is 3.31. The number of nitrogens with one attached hydrogen (secondary N) is 2. The first kappa shape index (κ1) is 25.8. The largest absolute Gasteiger partial charge is 0.384 e. The highest BCUT2D eigenvalue weighted by molar-refractivity contribution is 7.88. The fourth-order valence-corrected chi connectivity index (χ4v) is 5.01. The molecule has 0 saturated carbocycles. The Bertz CT molecular complexity index is 1140. The van der Waals surface area contributed by atoms with Crippen LogP contribution in [0.4, 0.5) is 5.69 Å². The molecule has 2 unspecified atom stereocenters. The minimum absolute atomic E-state index is 0.222. The van der Waals surface area contributed by atoms with E-state index in [4.69, 9.17) is 8.92 Å². The van der Waals surface area contributed by atoms with Gasteiger partial charge in [-0.25, -0.2) is 4.98 Å². The lowest BCUT2D eigenvalue weighted by Crippen LogP contribution is -2.39. The van der Waals surface area contributed by atoms with E-state index in [1.807, 2.05) is 42.6 Å². The first-order valence-corrected chi connectivity index (χ1v) is 13.2. The molecular formula is C24H29N3O5S2. The summed E-state index contributed by atoms with van der Waals surface area (Å²) in [5.74, 6) is -0.722. The van der Waals surface area contributed by atoms with Crippen molar-refractivity contribution >= 4 is 33.2 Å². The summed E-state index contributed by atoms with van der Waals surface area (Å²) in [5.41, 5.74) is 2.25. The minimum atomic E-state index is -4.10. The highest BCUT2D eigenvalue weighted by Crippen LogP contribution is 2.22. The number of para-hydroxylation sites is 1. The van der Waals surface area contributed by atoms with Gasteiger partial charge in [0, 0.05) is 12.5 Å². The van der Waals surface area contributed by atoms with E-state index in [0.717, 1.165) is 17.7 Å². The zero-order chi connectivity index (χ0) is 24.4. The van der Waals surface area contributed by atoms with Crippen LogP contribution in [-0.2, 0) is 36.9 Å². The molecule has 0 radical (unpaired) electrons. The van der Waals surface area contributed by atoms with Crippen molar-refractivity contribution in [3.8, 4) is 0 Å². The number of carbonyl (C=O) groups is 1. The maximum atomic E-state index is 13.2. The van der Waals surface area contributed by atoms with Crippen molar-refractivity contribution in [1.82, 2.24) is 10.3 Å². The van der Waals surface area contributed by atoms with Crippen LogP contribution < -0.4 is 10.0 Å². The van der Waals surface area contributed by atoms with Crippen LogP contribution in [0.3, 0.4) is 0 Å². The molecule has 1 aromatic heterocycles. The number of amides is 1. The zero-order valence-electron chi connectivity index (χ0n) is 19.1. The molecule has 8 nitrogen and oxygen atoms in total. The fourth-order valence-electron chi connectivity index (χ4n) is 3.27. The molecule has 0 aliphatic rings. The highest BCUT2D eigenvalue weighted by atomic mass is 32.2. The molecule has 0 bridgehead atoms. The number of aryl methyl sites for hydroxylation is 1. The van der Waals surface area contributed by atoms with Gasteiger partial charge < -0.3 is 10.1 Å². The molecule has 3 aromatic rings. The summed E-state index contributed by atoms with van der Waals surface area (Å²) < 4.78 is 37.8. The van der Waals surface area contributed by atoms with E-state index in [-0.39, 0.29) is 19.1 Å². The lowest BCUT2D eigenvalue weighted by Gasteiger charge is -2.21. The number of carbonyl (C=O) groups excluding carboxylic acids is 1. The van der Waals surface area contributed by atoms with E-state index in [0.29, 0.717) is 17.1 Å². The maximum absolute atomic E-state index is 13.2. The Labute approximate surface area is 204 Å². The molecule has 1 amide bonds. The Morgan fingerprint density at radius 2 is 1.74 bits per heavy atom. The molecule has 3 rings (SSSR count). The Hall–Kier alpha value is -2.79. The summed E-state index contributed by atoms with van der Waals surface area (Å²) in [4.78, 5) is 17.7. The fraction of sp³-hybridized carbons (Fsp3) is 0.333. The highest BCUT2D eigenvalue weighted by Gasteiger charge is 2.26. The smallest absolute Gasteiger partial charge is 0.360 e. The number of benzene rings is 2. The molecule has 182 valence electrons. The van der Waals surface area contributed by atoms with Gasteiger partial charge in [-0.05, 0) is 30.5 Å². The molecule has 34 heavy (non-hydrogen) atoms. The molecule has 2 aromatic carbocycles. The molecule has 0 spiro atoms. The van der Waals surface area contributed by atoms with Crippen molar-refractivity contribution in [3.05, 3.63) is 82.3 Å². The predicted octanol–water partition coefficient (Wildman–Crippen LogP) is 3.74. The van der Waals surface area contributed by atoms with Crippen molar-refractivity contribution in [1.29, 1.82) is 0 Å². The van der Waals surface area contributed by atoms with Crippen LogP contribution in [0.2, 0.25) is 0 Å². The number of hydrogen-bond acceptors (Lipinski definition) is 7. The topological polar surface area (TPSA) is 107 Å². The molecular weight excluding hydrogens is 474 g/mol. The monoisotopic (exact) mass is 503 g/mol. The molecule has 2 atom stereocenters. The zero-order valence-corrected chi connectivity index (χ0v) is 20.8. The average molecular weight is 504 g/mol. The third-order valence-corrected chi connectivity index (χ3v) is 6.96. The van der Waals surface area contributed by atoms with Crippen LogP contribution in [0.1, 0.15) is 29.2 Å². The van der Waals surface area contributed by atoms with Gasteiger partial charge >= 0.3 is 10.3 Å². The second kappa shape index (κ2) is 12.6. The summed E-state index contributed by atoms with van der Waals surface area (Å²) in [7, 11) is -2.56. The van der Waals surface area contributed by atoms with Crippen molar-refractivity contribution in [2.24, 2.45) is 5.92 Å². The lowest BCUT2D eigenvalue weighted by molar-refractivity contribution is -0.127. The minimum Gasteiger partial charge on any atom is -0.384 e. The second-order valence-electron chi connectivity index (χ2n) is 7.64. The van der Waals surface area contributed by atoms with Crippen LogP contribution in [0.5, 0.6) is 0 Å². The number of aromatic nitrogens is 1. The van der Waals surface area contributed by atoms with Crippen LogP contribution >= 0.6 is 11.3 Å². The second-order valence-corrected chi connectivity index (χ2v) is 9.88. The Balaban J connectivity index is 1.73. The Morgan fingerprint density at radius 3 is 2.35 bits per heavy atom. The molecule has 1 heterocycles. The Kier molecular flexibility index (Phi) is 9.58. The molecule has 0 saturated heterocycles. The maximum Gasteiger partial charge on any atom is 0.360 e. The van der Waals surface area contributed by atoms with Gasteiger partial charge in [-0.2, -0.15) is 8.42 Å². The van der Waals surface area contributed by atoms with E-state index in [1.165, 1.54) is 11.3 Å². The SMILES string of the molecule is CCc1csc(C(COS(=O)(=O)Nc2ccccc2)NC(=O)C(COC)Cc2ccccc2)n1. The number of methoxy groups -OCH3 is 1. The van der Waals surface area contributed by atoms with E-state index in [2.05, 4.69) is 15.0 Å². The number of thiazole rings is 1. The van der Waals surface area contributed by atoms with Crippen LogP contribution in [0.25, 0.3) is 0 Å². The number of nitrogens with zero attached hydrogens (tertiary/aromatic N) is 1. The number of hydrogen-bond donors (Lipinski definition) is 2. The van der Waals surface area contributed by atoms with Gasteiger partial charge in [-0.15, -0.1) is 11.3 Å². The van der Waals surface area contributed by atoms with Gasteiger partial charge in [-0.1, -0.05) is 55.5 Å². The number of ether oxygens (including phenoxy) is 1. The van der Waals surface area contributed by atoms with Crippen molar-refractivity contribution in [3.63, 3.8) is 0 Å². The summed E-state index contributed by atoms with van der Waals surface area (Å²) in [6.45, 7) is 1.90. The summed E-state index contributed by atoms with van der Waals surface area (Å²) in [5, 5.41) is 5.39. The van der Waals surface area contributed by atoms with Crippen molar-refractivity contribution in [2.45, 2.75) is 25.8 Å². The standard InChI is InChI=1S/C24H29N3O5S2/c1-3-20-17-33-24(25-20)22(16-32-34(29,30)27-21-12-8-5-9-13-21)26-23(28)19(15-31-2)14-18-10-6-4-7-11-18/h4-13,17,19,22,27H,3,14-16H2,1-2H3,(H,26,28). The number of anilines is 1. The van der Waals surface area contributed by atoms with Gasteiger partial charge in [0.05, 0.1) is 30.5 Å². The number of rotatable bonds is 13. The van der Waals surface area contributed by atoms with Crippen LogP contribution in [0.15, 0.2) is 66.0 Å². The van der Waals surface area contributed by atoms with E-state index < -0.39 is 22.3 Å². The lowest BCUT2D eigenvalue weighted by atomic mass is 9.99. The van der Waals surface area contributed by atoms with Gasteiger partial charge in [0.1, 0.15) is 11.0 Å². The quantitative estimate of drug-likeness (QED) is 0.368.